The summed E-state index contributed by atoms with van der Waals surface area (Å²) >= 11 is 5.69. The van der Waals surface area contributed by atoms with Gasteiger partial charge in [0.15, 0.2) is 0 Å². The van der Waals surface area contributed by atoms with Crippen LogP contribution in [0.2, 0.25) is 5.15 Å². The van der Waals surface area contributed by atoms with E-state index in [2.05, 4.69) is 15.3 Å². The Morgan fingerprint density at radius 3 is 2.63 bits per heavy atom. The van der Waals surface area contributed by atoms with Crippen molar-refractivity contribution in [2.24, 2.45) is 0 Å². The summed E-state index contributed by atoms with van der Waals surface area (Å²) in [4.78, 5) is 32.6. The largest absolute Gasteiger partial charge is 0.348 e. The molecule has 0 spiro atoms. The van der Waals surface area contributed by atoms with Crippen molar-refractivity contribution in [2.75, 3.05) is 13.1 Å². The van der Waals surface area contributed by atoms with Gasteiger partial charge in [0.25, 0.3) is 5.91 Å². The summed E-state index contributed by atoms with van der Waals surface area (Å²) in [6.07, 6.45) is 4.26. The van der Waals surface area contributed by atoms with Gasteiger partial charge in [-0.1, -0.05) is 11.6 Å². The van der Waals surface area contributed by atoms with E-state index in [1.165, 1.54) is 12.4 Å². The van der Waals surface area contributed by atoms with E-state index >= 15 is 0 Å². The molecule has 0 saturated carbocycles. The van der Waals surface area contributed by atoms with E-state index in [9.17, 15) is 9.59 Å². The maximum atomic E-state index is 11.9. The van der Waals surface area contributed by atoms with Crippen molar-refractivity contribution < 1.29 is 9.59 Å². The predicted octanol–water partition coefficient (Wildman–Crippen LogP) is 0.871. The molecule has 0 radical (unpaired) electrons. The Balaban J connectivity index is 1.89. The summed E-state index contributed by atoms with van der Waals surface area (Å²) in [7, 11) is 0. The van der Waals surface area contributed by atoms with Gasteiger partial charge in [-0.05, 0) is 12.8 Å². The smallest absolute Gasteiger partial charge is 0.271 e. The van der Waals surface area contributed by atoms with E-state index in [-0.39, 0.29) is 28.7 Å². The van der Waals surface area contributed by atoms with Crippen LogP contribution in [0.4, 0.5) is 0 Å². The molecule has 0 atom stereocenters. The summed E-state index contributed by atoms with van der Waals surface area (Å²) in [5.74, 6) is -0.207. The molecule has 19 heavy (non-hydrogen) atoms. The third-order valence-corrected chi connectivity index (χ3v) is 3.30. The maximum Gasteiger partial charge on any atom is 0.271 e. The second-order valence-corrected chi connectivity index (χ2v) is 4.87. The van der Waals surface area contributed by atoms with Crippen LogP contribution in [0.15, 0.2) is 12.4 Å². The zero-order valence-electron chi connectivity index (χ0n) is 10.6. The van der Waals surface area contributed by atoms with Crippen LogP contribution in [0.3, 0.4) is 0 Å². The molecular formula is C12H15ClN4O2. The number of likely N-dealkylation sites (tertiary alicyclic amines) is 1. The molecule has 2 rings (SSSR count). The van der Waals surface area contributed by atoms with Crippen LogP contribution in [0.25, 0.3) is 0 Å². The summed E-state index contributed by atoms with van der Waals surface area (Å²) in [6, 6.07) is 0.0591. The number of hydrogen-bond acceptors (Lipinski definition) is 4. The number of nitrogens with zero attached hydrogens (tertiary/aromatic N) is 3. The highest BCUT2D eigenvalue weighted by atomic mass is 35.5. The third kappa shape index (κ3) is 3.64. The molecule has 0 aromatic carbocycles. The van der Waals surface area contributed by atoms with Crippen molar-refractivity contribution in [3.63, 3.8) is 0 Å². The third-order valence-electron chi connectivity index (χ3n) is 3.11. The Morgan fingerprint density at radius 2 is 2.05 bits per heavy atom. The topological polar surface area (TPSA) is 75.2 Å². The number of rotatable bonds is 2. The van der Waals surface area contributed by atoms with E-state index in [4.69, 9.17) is 11.6 Å². The minimum absolute atomic E-state index is 0.0591. The van der Waals surface area contributed by atoms with Crippen molar-refractivity contribution >= 4 is 23.4 Å². The standard InChI is InChI=1S/C12H15ClN4O2/c1-8(18)17-4-2-9(3-5-17)15-12(19)10-6-14-7-11(13)16-10/h6-7,9H,2-5H2,1H3,(H,15,19). The van der Waals surface area contributed by atoms with Gasteiger partial charge in [0.1, 0.15) is 10.8 Å². The molecule has 0 bridgehead atoms. The summed E-state index contributed by atoms with van der Waals surface area (Å²) in [6.45, 7) is 2.89. The SMILES string of the molecule is CC(=O)N1CCC(NC(=O)c2cncc(Cl)n2)CC1. The number of amides is 2. The van der Waals surface area contributed by atoms with E-state index in [1.807, 2.05) is 0 Å². The average Bonchev–Trinajstić information content (AvgIpc) is 2.39. The highest BCUT2D eigenvalue weighted by molar-refractivity contribution is 6.29. The highest BCUT2D eigenvalue weighted by Gasteiger charge is 2.22. The first-order valence-corrected chi connectivity index (χ1v) is 6.48. The lowest BCUT2D eigenvalue weighted by atomic mass is 10.0. The van der Waals surface area contributed by atoms with Gasteiger partial charge >= 0.3 is 0 Å². The van der Waals surface area contributed by atoms with Crippen LogP contribution < -0.4 is 5.32 Å². The fraction of sp³-hybridized carbons (Fsp3) is 0.500. The molecule has 7 heteroatoms. The van der Waals surface area contributed by atoms with Crippen molar-refractivity contribution in [1.29, 1.82) is 0 Å². The molecule has 1 N–H and O–H groups in total. The van der Waals surface area contributed by atoms with Gasteiger partial charge in [-0.15, -0.1) is 0 Å². The van der Waals surface area contributed by atoms with Gasteiger partial charge in [-0.2, -0.15) is 0 Å². The Bertz CT molecular complexity index is 486. The van der Waals surface area contributed by atoms with Gasteiger partial charge in [-0.3, -0.25) is 14.6 Å². The zero-order valence-corrected chi connectivity index (χ0v) is 11.4. The lowest BCUT2D eigenvalue weighted by Gasteiger charge is -2.31. The number of aromatic nitrogens is 2. The molecule has 0 aliphatic carbocycles. The fourth-order valence-electron chi connectivity index (χ4n) is 2.05. The van der Waals surface area contributed by atoms with Crippen LogP contribution in [0.1, 0.15) is 30.3 Å². The van der Waals surface area contributed by atoms with E-state index in [1.54, 1.807) is 11.8 Å². The van der Waals surface area contributed by atoms with E-state index in [0.29, 0.717) is 13.1 Å². The van der Waals surface area contributed by atoms with Crippen LogP contribution in [-0.2, 0) is 4.79 Å². The molecule has 2 amide bonds. The number of piperidine rings is 1. The molecule has 1 aromatic heterocycles. The second-order valence-electron chi connectivity index (χ2n) is 4.48. The number of halogens is 1. The molecule has 6 nitrogen and oxygen atoms in total. The molecule has 1 aliphatic rings. The highest BCUT2D eigenvalue weighted by Crippen LogP contribution is 2.11. The van der Waals surface area contributed by atoms with Gasteiger partial charge in [-0.25, -0.2) is 4.98 Å². The van der Waals surface area contributed by atoms with Crippen LogP contribution in [-0.4, -0.2) is 45.8 Å². The average molecular weight is 283 g/mol. The van der Waals surface area contributed by atoms with Crippen LogP contribution in [0, 0.1) is 0 Å². The van der Waals surface area contributed by atoms with Gasteiger partial charge in [0, 0.05) is 26.1 Å². The first kappa shape index (κ1) is 13.7. The van der Waals surface area contributed by atoms with Crippen LogP contribution >= 0.6 is 11.6 Å². The number of carbonyl (C=O) groups excluding carboxylic acids is 2. The summed E-state index contributed by atoms with van der Waals surface area (Å²) < 4.78 is 0. The van der Waals surface area contributed by atoms with E-state index in [0.717, 1.165) is 12.8 Å². The zero-order chi connectivity index (χ0) is 13.8. The molecule has 0 unspecified atom stereocenters. The lowest BCUT2D eigenvalue weighted by Crippen LogP contribution is -2.46. The maximum absolute atomic E-state index is 11.9. The molecular weight excluding hydrogens is 268 g/mol. The number of carbonyl (C=O) groups is 2. The van der Waals surface area contributed by atoms with Crippen molar-refractivity contribution in [3.05, 3.63) is 23.2 Å². The first-order chi connectivity index (χ1) is 9.06. The van der Waals surface area contributed by atoms with Crippen molar-refractivity contribution in [3.8, 4) is 0 Å². The molecule has 1 fully saturated rings. The Labute approximate surface area is 116 Å². The lowest BCUT2D eigenvalue weighted by molar-refractivity contribution is -0.129. The van der Waals surface area contributed by atoms with E-state index < -0.39 is 0 Å². The van der Waals surface area contributed by atoms with Gasteiger partial charge < -0.3 is 10.2 Å². The summed E-state index contributed by atoms with van der Waals surface area (Å²) in [5, 5.41) is 3.08. The molecule has 2 heterocycles. The molecule has 1 saturated heterocycles. The molecule has 1 aromatic rings. The van der Waals surface area contributed by atoms with Gasteiger partial charge in [0.05, 0.1) is 12.4 Å². The quantitative estimate of drug-likeness (QED) is 0.873. The predicted molar refractivity (Wildman–Crippen MR) is 69.8 cm³/mol. The summed E-state index contributed by atoms with van der Waals surface area (Å²) in [5.41, 5.74) is 0.210. The Hall–Kier alpha value is -1.69. The number of hydrogen-bond donors (Lipinski definition) is 1. The molecule has 102 valence electrons. The van der Waals surface area contributed by atoms with Gasteiger partial charge in [0.2, 0.25) is 5.91 Å². The Morgan fingerprint density at radius 1 is 1.37 bits per heavy atom. The monoisotopic (exact) mass is 282 g/mol. The van der Waals surface area contributed by atoms with Crippen LogP contribution in [0.5, 0.6) is 0 Å². The second kappa shape index (κ2) is 5.97. The minimum Gasteiger partial charge on any atom is -0.348 e. The normalized spacial score (nSPS) is 16.2. The fourth-order valence-corrected chi connectivity index (χ4v) is 2.20. The Kier molecular flexibility index (Phi) is 4.31. The van der Waals surface area contributed by atoms with Crippen molar-refractivity contribution in [1.82, 2.24) is 20.2 Å². The van der Waals surface area contributed by atoms with Crippen molar-refractivity contribution in [2.45, 2.75) is 25.8 Å². The minimum atomic E-state index is -0.281. The number of nitrogens with one attached hydrogen (secondary N) is 1. The first-order valence-electron chi connectivity index (χ1n) is 6.10. The molecule has 1 aliphatic heterocycles.